The molecule has 0 fully saturated rings. The molecule has 0 radical (unpaired) electrons. The van der Waals surface area contributed by atoms with Gasteiger partial charge in [0.2, 0.25) is 0 Å². The second-order valence-corrected chi connectivity index (χ2v) is 0.500. The van der Waals surface area contributed by atoms with Crippen LogP contribution < -0.4 is 17.0 Å². The van der Waals surface area contributed by atoms with Gasteiger partial charge in [-0.05, 0) is 14.1 Å². The Hall–Kier alpha value is -0.120. The summed E-state index contributed by atoms with van der Waals surface area (Å²) in [5, 5.41) is 2.75. The zero-order valence-electron chi connectivity index (χ0n) is 3.65. The van der Waals surface area contributed by atoms with E-state index in [1.165, 1.54) is 0 Å². The molecule has 0 aliphatic rings. The highest BCUT2D eigenvalue weighted by molar-refractivity contribution is 3.91. The highest BCUT2D eigenvalue weighted by Gasteiger charge is 1.25. The summed E-state index contributed by atoms with van der Waals surface area (Å²) < 4.78 is 0. The number of hydrazine groups is 1. The third kappa shape index (κ3) is 952. The molecule has 0 aromatic heterocycles. The van der Waals surface area contributed by atoms with Gasteiger partial charge in [0.05, 0.1) is 0 Å². The first-order valence-corrected chi connectivity index (χ1v) is 1.33. The predicted octanol–water partition coefficient (Wildman–Crippen LogP) is -1.35. The molecular formula is C2H11N3. The van der Waals surface area contributed by atoms with Gasteiger partial charge in [-0.1, -0.05) is 0 Å². The Morgan fingerprint density at radius 2 is 1.20 bits per heavy atom. The minimum absolute atomic E-state index is 1.88. The molecule has 0 aliphatic heterocycles. The van der Waals surface area contributed by atoms with Crippen molar-refractivity contribution in [1.82, 2.24) is 5.32 Å². The van der Waals surface area contributed by atoms with Gasteiger partial charge in [0, 0.05) is 0 Å². The molecule has 5 N–H and O–H groups in total. The molecule has 5 heavy (non-hydrogen) atoms. The lowest BCUT2D eigenvalue weighted by molar-refractivity contribution is 1.02. The van der Waals surface area contributed by atoms with E-state index in [-0.39, 0.29) is 0 Å². The largest absolute Gasteiger partial charge is 0.323 e. The number of rotatable bonds is 0. The van der Waals surface area contributed by atoms with E-state index in [2.05, 4.69) is 17.0 Å². The van der Waals surface area contributed by atoms with Gasteiger partial charge in [-0.25, -0.2) is 0 Å². The van der Waals surface area contributed by atoms with E-state index in [1.807, 2.05) is 14.1 Å². The van der Waals surface area contributed by atoms with Gasteiger partial charge in [0.25, 0.3) is 0 Å². The third-order valence-electron chi connectivity index (χ3n) is 0. The zero-order chi connectivity index (χ0) is 4.71. The second-order valence-electron chi connectivity index (χ2n) is 0.500. The summed E-state index contributed by atoms with van der Waals surface area (Å²) in [5.74, 6) is 8.00. The molecule has 0 unspecified atom stereocenters. The maximum atomic E-state index is 4.00. The van der Waals surface area contributed by atoms with Crippen molar-refractivity contribution < 1.29 is 0 Å². The summed E-state index contributed by atoms with van der Waals surface area (Å²) in [6, 6.07) is 0. The van der Waals surface area contributed by atoms with Crippen LogP contribution in [0.2, 0.25) is 0 Å². The monoisotopic (exact) mass is 77.1 g/mol. The Bertz CT molecular complexity index is 4.85. The molecule has 0 aromatic carbocycles. The predicted molar refractivity (Wildman–Crippen MR) is 23.4 cm³/mol. The van der Waals surface area contributed by atoms with Crippen molar-refractivity contribution in [2.75, 3.05) is 14.1 Å². The molecule has 0 amide bonds. The molecule has 0 atom stereocenters. The highest BCUT2D eigenvalue weighted by atomic mass is 15.0. The lowest BCUT2D eigenvalue weighted by Gasteiger charge is -1.59. The van der Waals surface area contributed by atoms with Crippen molar-refractivity contribution in [3.63, 3.8) is 0 Å². The third-order valence-corrected chi connectivity index (χ3v) is 0. The molecule has 3 nitrogen and oxygen atoms in total. The van der Waals surface area contributed by atoms with Crippen LogP contribution in [0.25, 0.3) is 0 Å². The molecule has 0 bridgehead atoms. The van der Waals surface area contributed by atoms with Gasteiger partial charge in [-0.3, -0.25) is 11.7 Å². The second kappa shape index (κ2) is 41.6. The van der Waals surface area contributed by atoms with Crippen molar-refractivity contribution >= 4 is 0 Å². The van der Waals surface area contributed by atoms with Crippen molar-refractivity contribution in [1.29, 1.82) is 0 Å². The Balaban J connectivity index is 0. The summed E-state index contributed by atoms with van der Waals surface area (Å²) >= 11 is 0. The van der Waals surface area contributed by atoms with E-state index < -0.39 is 0 Å². The summed E-state index contributed by atoms with van der Waals surface area (Å²) in [4.78, 5) is 0. The van der Waals surface area contributed by atoms with E-state index in [1.54, 1.807) is 0 Å². The minimum Gasteiger partial charge on any atom is -0.323 e. The SMILES string of the molecule is CNC.NN. The fraction of sp³-hybridized carbons (Fsp3) is 1.00. The van der Waals surface area contributed by atoms with Crippen LogP contribution in [0.4, 0.5) is 0 Å². The van der Waals surface area contributed by atoms with Crippen LogP contribution in [-0.2, 0) is 0 Å². The van der Waals surface area contributed by atoms with E-state index in [0.717, 1.165) is 0 Å². The van der Waals surface area contributed by atoms with Crippen LogP contribution in [0.15, 0.2) is 0 Å². The van der Waals surface area contributed by atoms with Gasteiger partial charge < -0.3 is 5.32 Å². The molecule has 3 heteroatoms. The van der Waals surface area contributed by atoms with Gasteiger partial charge in [0.15, 0.2) is 0 Å². The Labute approximate surface area is 32.3 Å². The summed E-state index contributed by atoms with van der Waals surface area (Å²) in [5.41, 5.74) is 0. The lowest BCUT2D eigenvalue weighted by atomic mass is 11.3. The van der Waals surface area contributed by atoms with Crippen LogP contribution in [-0.4, -0.2) is 14.1 Å². The fourth-order valence-electron chi connectivity index (χ4n) is 0. The Morgan fingerprint density at radius 3 is 1.20 bits per heavy atom. The van der Waals surface area contributed by atoms with Gasteiger partial charge in [-0.2, -0.15) is 0 Å². The van der Waals surface area contributed by atoms with Crippen molar-refractivity contribution in [3.05, 3.63) is 0 Å². The van der Waals surface area contributed by atoms with E-state index in [0.29, 0.717) is 0 Å². The summed E-state index contributed by atoms with van der Waals surface area (Å²) in [6.45, 7) is 0. The number of hydrogen-bond donors (Lipinski definition) is 3. The van der Waals surface area contributed by atoms with Crippen LogP contribution in [0.3, 0.4) is 0 Å². The topological polar surface area (TPSA) is 64.1 Å². The van der Waals surface area contributed by atoms with Gasteiger partial charge in [-0.15, -0.1) is 0 Å². The van der Waals surface area contributed by atoms with Crippen LogP contribution in [0.1, 0.15) is 0 Å². The van der Waals surface area contributed by atoms with Crippen molar-refractivity contribution in [2.24, 2.45) is 11.7 Å². The first-order valence-electron chi connectivity index (χ1n) is 1.33. The zero-order valence-corrected chi connectivity index (χ0v) is 3.65. The van der Waals surface area contributed by atoms with Crippen LogP contribution >= 0.6 is 0 Å². The molecule has 0 spiro atoms. The average Bonchev–Trinajstić information content (AvgIpc) is 1.46. The Kier molecular flexibility index (Phi) is 73.6. The standard InChI is InChI=1S/C2H7N.H4N2/c1-3-2;1-2/h3H,1-2H3;1-2H2. The molecule has 0 saturated heterocycles. The van der Waals surface area contributed by atoms with Crippen molar-refractivity contribution in [3.8, 4) is 0 Å². The lowest BCUT2D eigenvalue weighted by Crippen LogP contribution is -2.02. The van der Waals surface area contributed by atoms with E-state index in [9.17, 15) is 0 Å². The fourth-order valence-corrected chi connectivity index (χ4v) is 0. The quantitative estimate of drug-likeness (QED) is 0.247. The summed E-state index contributed by atoms with van der Waals surface area (Å²) in [6.07, 6.45) is 0. The molecule has 0 saturated carbocycles. The molecular weight excluding hydrogens is 66.0 g/mol. The minimum atomic E-state index is 1.88. The number of nitrogens with two attached hydrogens (primary N) is 2. The van der Waals surface area contributed by atoms with E-state index >= 15 is 0 Å². The first kappa shape index (κ1) is 8.86. The smallest absolute Gasteiger partial charge is 0.0167 e. The molecule has 0 rings (SSSR count). The van der Waals surface area contributed by atoms with Gasteiger partial charge >= 0.3 is 0 Å². The van der Waals surface area contributed by atoms with Crippen LogP contribution in [0.5, 0.6) is 0 Å². The number of hydrogen-bond acceptors (Lipinski definition) is 3. The molecule has 0 aliphatic carbocycles. The maximum Gasteiger partial charge on any atom is -0.0167 e. The molecule has 34 valence electrons. The number of nitrogens with one attached hydrogen (secondary N) is 1. The van der Waals surface area contributed by atoms with Gasteiger partial charge in [0.1, 0.15) is 0 Å². The molecule has 0 heterocycles. The van der Waals surface area contributed by atoms with E-state index in [4.69, 9.17) is 0 Å². The Morgan fingerprint density at radius 1 is 1.20 bits per heavy atom. The highest BCUT2D eigenvalue weighted by Crippen LogP contribution is 0.981. The molecule has 0 aromatic rings. The van der Waals surface area contributed by atoms with Crippen LogP contribution in [0, 0.1) is 0 Å². The normalized spacial score (nSPS) is 4.80. The first-order chi connectivity index (χ1) is 2.41. The van der Waals surface area contributed by atoms with Crippen molar-refractivity contribution in [2.45, 2.75) is 0 Å². The summed E-state index contributed by atoms with van der Waals surface area (Å²) in [7, 11) is 3.75. The average molecular weight is 77.1 g/mol. The maximum absolute atomic E-state index is 4.00.